The van der Waals surface area contributed by atoms with E-state index in [9.17, 15) is 0 Å². The van der Waals surface area contributed by atoms with Gasteiger partial charge in [0.05, 0.1) is 7.11 Å². The van der Waals surface area contributed by atoms with Gasteiger partial charge in [0.1, 0.15) is 24.8 Å². The Bertz CT molecular complexity index is 434. The van der Waals surface area contributed by atoms with Crippen molar-refractivity contribution in [1.29, 1.82) is 0 Å². The molecule has 0 radical (unpaired) electrons. The molecule has 1 aromatic rings. The van der Waals surface area contributed by atoms with Crippen LogP contribution in [0.4, 0.5) is 0 Å². The van der Waals surface area contributed by atoms with Gasteiger partial charge in [0.25, 0.3) is 0 Å². The third-order valence-corrected chi connectivity index (χ3v) is 3.04. The molecule has 0 saturated carbocycles. The van der Waals surface area contributed by atoms with Crippen molar-refractivity contribution < 1.29 is 14.2 Å². The number of methoxy groups -OCH3 is 2. The molecule has 1 aliphatic rings. The number of rotatable bonds is 8. The molecule has 0 saturated heterocycles. The summed E-state index contributed by atoms with van der Waals surface area (Å²) in [4.78, 5) is 2.16. The van der Waals surface area contributed by atoms with Gasteiger partial charge in [-0.3, -0.25) is 5.43 Å². The fourth-order valence-electron chi connectivity index (χ4n) is 1.93. The second-order valence-electron chi connectivity index (χ2n) is 4.42. The van der Waals surface area contributed by atoms with E-state index in [-0.39, 0.29) is 0 Å². The van der Waals surface area contributed by atoms with Crippen LogP contribution in [-0.2, 0) is 4.74 Å². The summed E-state index contributed by atoms with van der Waals surface area (Å²) < 4.78 is 15.9. The van der Waals surface area contributed by atoms with Crippen LogP contribution >= 0.6 is 0 Å². The lowest BCUT2D eigenvalue weighted by atomic mass is 10.3. The lowest BCUT2D eigenvalue weighted by Gasteiger charge is -2.19. The van der Waals surface area contributed by atoms with Crippen molar-refractivity contribution in [3.63, 3.8) is 0 Å². The summed E-state index contributed by atoms with van der Waals surface area (Å²) in [7, 11) is 3.36. The summed E-state index contributed by atoms with van der Waals surface area (Å²) in [5.74, 6) is 2.53. The number of nitrogens with one attached hydrogen (secondary N) is 1. The molecule has 20 heavy (non-hydrogen) atoms. The van der Waals surface area contributed by atoms with E-state index in [2.05, 4.69) is 15.4 Å². The van der Waals surface area contributed by atoms with Crippen LogP contribution in [0.15, 0.2) is 29.4 Å². The van der Waals surface area contributed by atoms with Crippen molar-refractivity contribution in [2.75, 3.05) is 40.6 Å². The van der Waals surface area contributed by atoms with E-state index < -0.39 is 0 Å². The Labute approximate surface area is 119 Å². The van der Waals surface area contributed by atoms with Gasteiger partial charge in [-0.2, -0.15) is 5.10 Å². The van der Waals surface area contributed by atoms with Gasteiger partial charge in [0, 0.05) is 20.3 Å². The van der Waals surface area contributed by atoms with Crippen LogP contribution in [0.3, 0.4) is 0 Å². The molecular formula is C14H21N3O3. The van der Waals surface area contributed by atoms with E-state index in [0.29, 0.717) is 6.61 Å². The lowest BCUT2D eigenvalue weighted by Crippen LogP contribution is -2.34. The van der Waals surface area contributed by atoms with Gasteiger partial charge in [-0.1, -0.05) is 0 Å². The van der Waals surface area contributed by atoms with E-state index in [1.54, 1.807) is 14.2 Å². The van der Waals surface area contributed by atoms with Crippen molar-refractivity contribution >= 4 is 5.84 Å². The molecule has 0 amide bonds. The average molecular weight is 279 g/mol. The largest absolute Gasteiger partial charge is 0.497 e. The second kappa shape index (κ2) is 7.59. The minimum atomic E-state index is 0.451. The quantitative estimate of drug-likeness (QED) is 0.727. The van der Waals surface area contributed by atoms with Crippen LogP contribution in [0.25, 0.3) is 0 Å². The molecule has 1 aromatic carbocycles. The van der Waals surface area contributed by atoms with E-state index in [0.717, 1.165) is 43.6 Å². The first-order valence-electron chi connectivity index (χ1n) is 6.63. The van der Waals surface area contributed by atoms with Gasteiger partial charge in [-0.15, -0.1) is 0 Å². The fourth-order valence-corrected chi connectivity index (χ4v) is 1.93. The van der Waals surface area contributed by atoms with E-state index in [1.165, 1.54) is 0 Å². The maximum Gasteiger partial charge on any atom is 0.164 e. The Morgan fingerprint density at radius 2 is 1.95 bits per heavy atom. The third kappa shape index (κ3) is 4.03. The normalized spacial score (nSPS) is 13.9. The molecule has 110 valence electrons. The summed E-state index contributed by atoms with van der Waals surface area (Å²) in [5, 5.41) is 4.25. The van der Waals surface area contributed by atoms with Gasteiger partial charge in [0.2, 0.25) is 0 Å². The summed E-state index contributed by atoms with van der Waals surface area (Å²) >= 11 is 0. The zero-order chi connectivity index (χ0) is 14.2. The standard InChI is InChI=1S/C14H21N3O3/c1-18-9-3-8-17-11-15-16-14(17)10-20-13-6-4-12(19-2)5-7-13/h4-7,15H,3,8-11H2,1-2H3. The van der Waals surface area contributed by atoms with Crippen LogP contribution in [0.5, 0.6) is 11.5 Å². The summed E-state index contributed by atoms with van der Waals surface area (Å²) in [5.41, 5.74) is 2.98. The third-order valence-electron chi connectivity index (χ3n) is 3.04. The van der Waals surface area contributed by atoms with Crippen molar-refractivity contribution in [2.45, 2.75) is 6.42 Å². The van der Waals surface area contributed by atoms with Crippen LogP contribution in [-0.4, -0.2) is 51.4 Å². The fraction of sp³-hybridized carbons (Fsp3) is 0.500. The van der Waals surface area contributed by atoms with E-state index >= 15 is 0 Å². The van der Waals surface area contributed by atoms with Gasteiger partial charge in [-0.05, 0) is 30.7 Å². The Balaban J connectivity index is 1.79. The van der Waals surface area contributed by atoms with Gasteiger partial charge in [0.15, 0.2) is 5.84 Å². The molecule has 2 rings (SSSR count). The minimum absolute atomic E-state index is 0.451. The molecule has 1 N–H and O–H groups in total. The maximum atomic E-state index is 5.73. The second-order valence-corrected chi connectivity index (χ2v) is 4.42. The van der Waals surface area contributed by atoms with Crippen molar-refractivity contribution in [3.05, 3.63) is 24.3 Å². The van der Waals surface area contributed by atoms with Crippen LogP contribution in [0.1, 0.15) is 6.42 Å². The number of benzene rings is 1. The molecule has 0 atom stereocenters. The smallest absolute Gasteiger partial charge is 0.164 e. The molecule has 1 aliphatic heterocycles. The monoisotopic (exact) mass is 279 g/mol. The topological polar surface area (TPSA) is 55.3 Å². The number of ether oxygens (including phenoxy) is 3. The zero-order valence-electron chi connectivity index (χ0n) is 12.0. The van der Waals surface area contributed by atoms with Gasteiger partial charge < -0.3 is 19.1 Å². The molecule has 6 heteroatoms. The summed E-state index contributed by atoms with van der Waals surface area (Å²) in [6, 6.07) is 7.52. The van der Waals surface area contributed by atoms with Crippen molar-refractivity contribution in [1.82, 2.24) is 10.3 Å². The molecule has 0 fully saturated rings. The Morgan fingerprint density at radius 3 is 2.65 bits per heavy atom. The number of hydrazone groups is 1. The predicted octanol–water partition coefficient (Wildman–Crippen LogP) is 1.29. The lowest BCUT2D eigenvalue weighted by molar-refractivity contribution is 0.185. The first-order chi connectivity index (χ1) is 9.83. The Hall–Kier alpha value is -1.95. The highest BCUT2D eigenvalue weighted by Gasteiger charge is 2.16. The highest BCUT2D eigenvalue weighted by Crippen LogP contribution is 2.17. The van der Waals surface area contributed by atoms with Gasteiger partial charge >= 0.3 is 0 Å². The highest BCUT2D eigenvalue weighted by molar-refractivity contribution is 5.84. The molecule has 0 unspecified atom stereocenters. The van der Waals surface area contributed by atoms with Gasteiger partial charge in [-0.25, -0.2) is 0 Å². The van der Waals surface area contributed by atoms with E-state index in [4.69, 9.17) is 14.2 Å². The van der Waals surface area contributed by atoms with Crippen molar-refractivity contribution in [3.8, 4) is 11.5 Å². The summed E-state index contributed by atoms with van der Waals surface area (Å²) in [6.45, 7) is 2.84. The zero-order valence-corrected chi connectivity index (χ0v) is 12.0. The molecule has 0 bridgehead atoms. The maximum absolute atomic E-state index is 5.73. The van der Waals surface area contributed by atoms with E-state index in [1.807, 2.05) is 24.3 Å². The first kappa shape index (κ1) is 14.5. The highest BCUT2D eigenvalue weighted by atomic mass is 16.5. The molecular weight excluding hydrogens is 258 g/mol. The number of hydrogen-bond donors (Lipinski definition) is 1. The molecule has 0 spiro atoms. The molecule has 1 heterocycles. The molecule has 0 aromatic heterocycles. The Kier molecular flexibility index (Phi) is 5.49. The van der Waals surface area contributed by atoms with Crippen LogP contribution in [0.2, 0.25) is 0 Å². The average Bonchev–Trinajstić information content (AvgIpc) is 2.93. The number of hydrogen-bond acceptors (Lipinski definition) is 6. The predicted molar refractivity (Wildman–Crippen MR) is 77.1 cm³/mol. The molecule has 0 aliphatic carbocycles. The Morgan fingerprint density at radius 1 is 1.20 bits per heavy atom. The SMILES string of the molecule is COCCCN1CNN=C1COc1ccc(OC)cc1. The van der Waals surface area contributed by atoms with Crippen LogP contribution < -0.4 is 14.9 Å². The summed E-state index contributed by atoms with van der Waals surface area (Å²) in [6.07, 6.45) is 0.972. The molecule has 6 nitrogen and oxygen atoms in total. The van der Waals surface area contributed by atoms with Crippen molar-refractivity contribution in [2.24, 2.45) is 5.10 Å². The minimum Gasteiger partial charge on any atom is -0.497 e. The van der Waals surface area contributed by atoms with Crippen LogP contribution in [0, 0.1) is 0 Å². The first-order valence-corrected chi connectivity index (χ1v) is 6.63. The number of amidine groups is 1. The number of nitrogens with zero attached hydrogens (tertiary/aromatic N) is 2.